The Kier molecular flexibility index (Phi) is 10.1. The fraction of sp³-hybridized carbons (Fsp3) is 0.0385. The third-order valence-corrected chi connectivity index (χ3v) is 10.6. The summed E-state index contributed by atoms with van der Waals surface area (Å²) >= 11 is 0. The molecule has 2 heterocycles. The van der Waals surface area contributed by atoms with E-state index in [-0.39, 0.29) is 0 Å². The van der Waals surface area contributed by atoms with Gasteiger partial charge in [0, 0.05) is 56.6 Å². The molecule has 0 saturated carbocycles. The van der Waals surface area contributed by atoms with E-state index in [1.165, 1.54) is 28.4 Å². The minimum absolute atomic E-state index is 0.427. The molecule has 0 atom stereocenters. The summed E-state index contributed by atoms with van der Waals surface area (Å²) in [5, 5.41) is 13.0. The van der Waals surface area contributed by atoms with Gasteiger partial charge in [-0.3, -0.25) is 0 Å². The van der Waals surface area contributed by atoms with Crippen molar-refractivity contribution in [3.63, 3.8) is 0 Å². The summed E-state index contributed by atoms with van der Waals surface area (Å²) in [5.41, 5.74) is 20.5. The number of anilines is 2. The lowest BCUT2D eigenvalue weighted by Crippen LogP contribution is -2.06. The SMILES string of the molecule is C=C(N=C(/C=C(\N)c1ccccc1)c1ccccc1)c1ccc(-c2nc(C=N)c(Nc3ccccc3)nc2-c2ccc(-n3c4c(c5ccccc53)C=CCC4)cc2)cc1. The smallest absolute Gasteiger partial charge is 0.158 e. The van der Waals surface area contributed by atoms with Crippen LogP contribution in [0.15, 0.2) is 188 Å². The van der Waals surface area contributed by atoms with Crippen LogP contribution in [0.3, 0.4) is 0 Å². The van der Waals surface area contributed by atoms with E-state index < -0.39 is 0 Å². The molecule has 2 aromatic heterocycles. The summed E-state index contributed by atoms with van der Waals surface area (Å²) in [4.78, 5) is 15.3. The molecule has 4 N–H and O–H groups in total. The largest absolute Gasteiger partial charge is 0.398 e. The zero-order chi connectivity index (χ0) is 40.1. The van der Waals surface area contributed by atoms with E-state index >= 15 is 0 Å². The highest BCUT2D eigenvalue weighted by Crippen LogP contribution is 2.37. The molecule has 0 bridgehead atoms. The van der Waals surface area contributed by atoms with Crippen LogP contribution in [0.25, 0.3) is 56.6 Å². The van der Waals surface area contributed by atoms with Crippen LogP contribution >= 0.6 is 0 Å². The molecular formula is C52H41N7. The van der Waals surface area contributed by atoms with Crippen LogP contribution in [0.4, 0.5) is 11.5 Å². The summed E-state index contributed by atoms with van der Waals surface area (Å²) in [6, 6.07) is 54.9. The number of benzene rings is 6. The van der Waals surface area contributed by atoms with Gasteiger partial charge in [-0.1, -0.05) is 152 Å². The number of allylic oxidation sites excluding steroid dienone is 2. The minimum Gasteiger partial charge on any atom is -0.398 e. The highest BCUT2D eigenvalue weighted by molar-refractivity contribution is 6.13. The van der Waals surface area contributed by atoms with E-state index in [0.29, 0.717) is 40.0 Å². The van der Waals surface area contributed by atoms with Crippen molar-refractivity contribution in [2.24, 2.45) is 10.7 Å². The van der Waals surface area contributed by atoms with Gasteiger partial charge in [0.25, 0.3) is 0 Å². The Morgan fingerprint density at radius 2 is 1.31 bits per heavy atom. The number of aliphatic imine (C=N–C) groups is 1. The molecule has 0 unspecified atom stereocenters. The predicted molar refractivity (Wildman–Crippen MR) is 245 cm³/mol. The number of hydrogen-bond acceptors (Lipinski definition) is 6. The predicted octanol–water partition coefficient (Wildman–Crippen LogP) is 11.9. The van der Waals surface area contributed by atoms with E-state index in [1.807, 2.05) is 121 Å². The summed E-state index contributed by atoms with van der Waals surface area (Å²) < 4.78 is 2.38. The second-order valence-corrected chi connectivity index (χ2v) is 14.3. The molecule has 6 aromatic carbocycles. The molecule has 7 nitrogen and oxygen atoms in total. The van der Waals surface area contributed by atoms with Crippen LogP contribution in [0.1, 0.15) is 40.1 Å². The number of nitrogens with zero attached hydrogens (tertiary/aromatic N) is 4. The highest BCUT2D eigenvalue weighted by Gasteiger charge is 2.20. The fourth-order valence-electron chi connectivity index (χ4n) is 7.62. The lowest BCUT2D eigenvalue weighted by molar-refractivity contribution is 0.888. The average Bonchev–Trinajstić information content (AvgIpc) is 3.64. The van der Waals surface area contributed by atoms with E-state index in [0.717, 1.165) is 52.0 Å². The van der Waals surface area contributed by atoms with Gasteiger partial charge in [0.05, 0.1) is 28.3 Å². The van der Waals surface area contributed by atoms with Crippen LogP contribution in [-0.2, 0) is 6.42 Å². The van der Waals surface area contributed by atoms with Crippen molar-refractivity contribution >= 4 is 51.8 Å². The number of hydrogen-bond donors (Lipinski definition) is 3. The van der Waals surface area contributed by atoms with Crippen LogP contribution in [0.2, 0.25) is 0 Å². The van der Waals surface area contributed by atoms with Gasteiger partial charge in [0.1, 0.15) is 5.69 Å². The molecule has 0 aliphatic heterocycles. The lowest BCUT2D eigenvalue weighted by Gasteiger charge is -2.16. The standard InChI is InChI=1S/C52H41N7/c1-35(55-46(38-17-7-3-8-18-38)33-45(54)37-15-5-2-6-16-37)36-25-27-39(28-26-36)50-51(58-52(47(34-53)57-50)56-41-19-9-4-10-20-41)40-29-31-42(32-30-40)59-48-23-13-11-21-43(48)44-22-12-14-24-49(44)59/h2-13,15-23,25-34,53H,1,14,24,54H2,(H,56,58)/b45-33-,53-34?,55-46?. The van der Waals surface area contributed by atoms with E-state index in [1.54, 1.807) is 0 Å². The first-order valence-corrected chi connectivity index (χ1v) is 19.6. The highest BCUT2D eigenvalue weighted by atomic mass is 15.0. The Balaban J connectivity index is 1.10. The normalized spacial score (nSPS) is 12.6. The maximum Gasteiger partial charge on any atom is 0.158 e. The van der Waals surface area contributed by atoms with Gasteiger partial charge in [0.2, 0.25) is 0 Å². The molecule has 9 rings (SSSR count). The molecule has 7 heteroatoms. The molecule has 1 aliphatic carbocycles. The molecule has 0 amide bonds. The molecular weight excluding hydrogens is 723 g/mol. The molecule has 59 heavy (non-hydrogen) atoms. The van der Waals surface area contributed by atoms with Crippen molar-refractivity contribution in [1.82, 2.24) is 14.5 Å². The molecule has 0 radical (unpaired) electrons. The Bertz CT molecular complexity index is 2910. The Morgan fingerprint density at radius 1 is 0.695 bits per heavy atom. The van der Waals surface area contributed by atoms with Gasteiger partial charge in [0.15, 0.2) is 5.82 Å². The number of nitrogens with two attached hydrogens (primary N) is 1. The maximum absolute atomic E-state index is 8.35. The third kappa shape index (κ3) is 7.53. The number of nitrogens with one attached hydrogen (secondary N) is 2. The van der Waals surface area contributed by atoms with E-state index in [4.69, 9.17) is 26.1 Å². The van der Waals surface area contributed by atoms with Gasteiger partial charge in [-0.15, -0.1) is 0 Å². The van der Waals surface area contributed by atoms with Crippen molar-refractivity contribution in [3.05, 3.63) is 216 Å². The molecule has 0 saturated heterocycles. The van der Waals surface area contributed by atoms with Gasteiger partial charge in [-0.25, -0.2) is 15.0 Å². The fourth-order valence-corrected chi connectivity index (χ4v) is 7.62. The number of aromatic nitrogens is 3. The van der Waals surface area contributed by atoms with Crippen molar-refractivity contribution in [2.45, 2.75) is 12.8 Å². The quantitative estimate of drug-likeness (QED) is 0.114. The van der Waals surface area contributed by atoms with Crippen LogP contribution < -0.4 is 11.1 Å². The van der Waals surface area contributed by atoms with E-state index in [9.17, 15) is 0 Å². The first-order chi connectivity index (χ1) is 29.0. The van der Waals surface area contributed by atoms with Gasteiger partial charge >= 0.3 is 0 Å². The van der Waals surface area contributed by atoms with Crippen molar-refractivity contribution in [3.8, 4) is 28.2 Å². The summed E-state index contributed by atoms with van der Waals surface area (Å²) in [7, 11) is 0. The number of fused-ring (bicyclic) bond motifs is 3. The molecule has 1 aliphatic rings. The monoisotopic (exact) mass is 763 g/mol. The van der Waals surface area contributed by atoms with Gasteiger partial charge in [-0.2, -0.15) is 0 Å². The molecule has 284 valence electrons. The maximum atomic E-state index is 8.35. The molecule has 0 spiro atoms. The molecule has 8 aromatic rings. The van der Waals surface area contributed by atoms with Crippen LogP contribution in [0.5, 0.6) is 0 Å². The third-order valence-electron chi connectivity index (χ3n) is 10.6. The van der Waals surface area contributed by atoms with Gasteiger partial charge in [-0.05, 0) is 60.4 Å². The van der Waals surface area contributed by atoms with Crippen LogP contribution in [-0.4, -0.2) is 26.5 Å². The number of para-hydroxylation sites is 2. The topological polar surface area (TPSA) is 105 Å². The number of rotatable bonds is 11. The second-order valence-electron chi connectivity index (χ2n) is 14.3. The lowest BCUT2D eigenvalue weighted by atomic mass is 10.0. The molecule has 0 fully saturated rings. The first kappa shape index (κ1) is 36.7. The van der Waals surface area contributed by atoms with Crippen molar-refractivity contribution < 1.29 is 0 Å². The second kappa shape index (κ2) is 16.3. The van der Waals surface area contributed by atoms with Crippen molar-refractivity contribution in [1.29, 1.82) is 5.41 Å². The summed E-state index contributed by atoms with van der Waals surface area (Å²) in [6.45, 7) is 4.36. The van der Waals surface area contributed by atoms with Crippen LogP contribution in [0, 0.1) is 5.41 Å². The van der Waals surface area contributed by atoms with Gasteiger partial charge < -0.3 is 21.0 Å². The minimum atomic E-state index is 0.427. The summed E-state index contributed by atoms with van der Waals surface area (Å²) in [5.74, 6) is 0.502. The average molecular weight is 764 g/mol. The first-order valence-electron chi connectivity index (χ1n) is 19.6. The van der Waals surface area contributed by atoms with E-state index in [2.05, 4.69) is 77.1 Å². The zero-order valence-electron chi connectivity index (χ0n) is 32.4. The zero-order valence-corrected chi connectivity index (χ0v) is 32.4. The Hall–Kier alpha value is -7.90. The Morgan fingerprint density at radius 3 is 2.00 bits per heavy atom. The van der Waals surface area contributed by atoms with Crippen molar-refractivity contribution in [2.75, 3.05) is 5.32 Å². The summed E-state index contributed by atoms with van der Waals surface area (Å²) in [6.07, 6.45) is 9.66. The Labute approximate surface area is 343 Å².